The molecule has 1 unspecified atom stereocenters. The molecule has 0 aliphatic carbocycles. The fourth-order valence-electron chi connectivity index (χ4n) is 2.56. The fraction of sp³-hybridized carbons (Fsp3) is 0.571. The van der Waals surface area contributed by atoms with Gasteiger partial charge in [0.05, 0.1) is 7.11 Å². The Bertz CT molecular complexity index is 372. The summed E-state index contributed by atoms with van der Waals surface area (Å²) in [4.78, 5) is 2.51. The van der Waals surface area contributed by atoms with Gasteiger partial charge in [0.25, 0.3) is 0 Å². The maximum Gasteiger partial charge on any atom is 0.123 e. The van der Waals surface area contributed by atoms with E-state index in [1.807, 2.05) is 12.1 Å². The summed E-state index contributed by atoms with van der Waals surface area (Å²) in [6.45, 7) is 5.22. The van der Waals surface area contributed by atoms with Gasteiger partial charge in [0, 0.05) is 18.2 Å². The van der Waals surface area contributed by atoms with Crippen LogP contribution in [-0.2, 0) is 6.54 Å². The maximum absolute atomic E-state index is 5.71. The Kier molecular flexibility index (Phi) is 4.02. The molecule has 0 spiro atoms. The Labute approximate surface area is 104 Å². The van der Waals surface area contributed by atoms with Gasteiger partial charge in [-0.05, 0) is 50.6 Å². The summed E-state index contributed by atoms with van der Waals surface area (Å²) in [6.07, 6.45) is 2.62. The Hall–Kier alpha value is -1.06. The van der Waals surface area contributed by atoms with E-state index in [2.05, 4.69) is 17.9 Å². The van der Waals surface area contributed by atoms with E-state index >= 15 is 0 Å². The molecule has 3 nitrogen and oxygen atoms in total. The highest BCUT2D eigenvalue weighted by molar-refractivity contribution is 5.39. The summed E-state index contributed by atoms with van der Waals surface area (Å²) < 4.78 is 5.46. The van der Waals surface area contributed by atoms with Crippen LogP contribution in [0.25, 0.3) is 0 Å². The topological polar surface area (TPSA) is 38.5 Å². The molecule has 94 valence electrons. The molecule has 1 aromatic rings. The first kappa shape index (κ1) is 12.4. The van der Waals surface area contributed by atoms with Crippen LogP contribution >= 0.6 is 0 Å². The molecule has 0 amide bonds. The van der Waals surface area contributed by atoms with Crippen LogP contribution < -0.4 is 10.5 Å². The monoisotopic (exact) mass is 234 g/mol. The van der Waals surface area contributed by atoms with E-state index < -0.39 is 0 Å². The molecule has 1 saturated heterocycles. The molecule has 1 fully saturated rings. The Balaban J connectivity index is 2.27. The first-order chi connectivity index (χ1) is 8.26. The molecule has 0 radical (unpaired) electrons. The van der Waals surface area contributed by atoms with E-state index in [9.17, 15) is 0 Å². The average Bonchev–Trinajstić information content (AvgIpc) is 2.91. The lowest BCUT2D eigenvalue weighted by molar-refractivity contribution is 0.256. The van der Waals surface area contributed by atoms with Crippen molar-refractivity contribution in [3.8, 4) is 5.75 Å². The van der Waals surface area contributed by atoms with Gasteiger partial charge in [-0.1, -0.05) is 6.07 Å². The normalized spacial score (nSPS) is 18.3. The third-order valence-corrected chi connectivity index (χ3v) is 3.67. The number of rotatable bonds is 4. The van der Waals surface area contributed by atoms with E-state index in [0.29, 0.717) is 12.6 Å². The van der Waals surface area contributed by atoms with Gasteiger partial charge in [0.2, 0.25) is 0 Å². The second-order valence-corrected chi connectivity index (χ2v) is 4.70. The van der Waals surface area contributed by atoms with Crippen molar-refractivity contribution in [2.75, 3.05) is 20.2 Å². The predicted molar refractivity (Wildman–Crippen MR) is 70.1 cm³/mol. The van der Waals surface area contributed by atoms with Gasteiger partial charge in [-0.3, -0.25) is 4.90 Å². The summed E-state index contributed by atoms with van der Waals surface area (Å²) in [5.41, 5.74) is 8.14. The molecule has 17 heavy (non-hydrogen) atoms. The lowest BCUT2D eigenvalue weighted by Crippen LogP contribution is -2.23. The number of hydrogen-bond donors (Lipinski definition) is 1. The van der Waals surface area contributed by atoms with Crippen molar-refractivity contribution in [3.63, 3.8) is 0 Å². The molecule has 1 aliphatic heterocycles. The minimum absolute atomic E-state index is 0.416. The van der Waals surface area contributed by atoms with Crippen molar-refractivity contribution in [1.82, 2.24) is 4.90 Å². The zero-order valence-electron chi connectivity index (χ0n) is 10.8. The number of ether oxygens (including phenoxy) is 1. The molecule has 0 saturated carbocycles. The molecule has 3 heteroatoms. The van der Waals surface area contributed by atoms with E-state index in [1.54, 1.807) is 7.11 Å². The number of benzene rings is 1. The number of likely N-dealkylation sites (tertiary alicyclic amines) is 1. The largest absolute Gasteiger partial charge is 0.496 e. The third-order valence-electron chi connectivity index (χ3n) is 3.67. The van der Waals surface area contributed by atoms with Crippen molar-refractivity contribution < 1.29 is 4.74 Å². The molecule has 1 atom stereocenters. The quantitative estimate of drug-likeness (QED) is 0.869. The standard InChI is InChI=1S/C14H22N2O/c1-11(16-7-3-4-8-16)13-9-12(10-15)5-6-14(13)17-2/h5-6,9,11H,3-4,7-8,10,15H2,1-2H3. The van der Waals surface area contributed by atoms with Gasteiger partial charge in [0.15, 0.2) is 0 Å². The zero-order valence-corrected chi connectivity index (χ0v) is 10.8. The maximum atomic E-state index is 5.71. The minimum Gasteiger partial charge on any atom is -0.496 e. The summed E-state index contributed by atoms with van der Waals surface area (Å²) in [7, 11) is 1.73. The van der Waals surface area contributed by atoms with Crippen molar-refractivity contribution in [3.05, 3.63) is 29.3 Å². The molecular weight excluding hydrogens is 212 g/mol. The summed E-state index contributed by atoms with van der Waals surface area (Å²) in [5.74, 6) is 0.974. The number of nitrogens with two attached hydrogens (primary N) is 1. The van der Waals surface area contributed by atoms with Crippen LogP contribution in [-0.4, -0.2) is 25.1 Å². The van der Waals surface area contributed by atoms with Gasteiger partial charge in [-0.25, -0.2) is 0 Å². The third kappa shape index (κ3) is 2.61. The second kappa shape index (κ2) is 5.52. The highest BCUT2D eigenvalue weighted by Crippen LogP contribution is 2.32. The lowest BCUT2D eigenvalue weighted by atomic mass is 10.0. The van der Waals surface area contributed by atoms with Gasteiger partial charge in [-0.15, -0.1) is 0 Å². The summed E-state index contributed by atoms with van der Waals surface area (Å²) >= 11 is 0. The van der Waals surface area contributed by atoms with Crippen molar-refractivity contribution in [1.29, 1.82) is 0 Å². The van der Waals surface area contributed by atoms with E-state index in [-0.39, 0.29) is 0 Å². The average molecular weight is 234 g/mol. The smallest absolute Gasteiger partial charge is 0.123 e. The van der Waals surface area contributed by atoms with Crippen LogP contribution in [0.3, 0.4) is 0 Å². The molecule has 1 aliphatic rings. The van der Waals surface area contributed by atoms with Gasteiger partial charge < -0.3 is 10.5 Å². The van der Waals surface area contributed by atoms with Crippen molar-refractivity contribution in [2.45, 2.75) is 32.4 Å². The van der Waals surface area contributed by atoms with Crippen LogP contribution in [0.5, 0.6) is 5.75 Å². The second-order valence-electron chi connectivity index (χ2n) is 4.70. The van der Waals surface area contributed by atoms with Crippen LogP contribution in [0.1, 0.15) is 36.9 Å². The van der Waals surface area contributed by atoms with Crippen molar-refractivity contribution in [2.24, 2.45) is 5.73 Å². The molecule has 1 aromatic carbocycles. The molecule has 0 aromatic heterocycles. The van der Waals surface area contributed by atoms with E-state index in [0.717, 1.165) is 5.75 Å². The Morgan fingerprint density at radius 3 is 2.65 bits per heavy atom. The highest BCUT2D eigenvalue weighted by atomic mass is 16.5. The Morgan fingerprint density at radius 1 is 1.35 bits per heavy atom. The predicted octanol–water partition coefficient (Wildman–Crippen LogP) is 2.31. The van der Waals surface area contributed by atoms with Gasteiger partial charge in [-0.2, -0.15) is 0 Å². The number of hydrogen-bond acceptors (Lipinski definition) is 3. The van der Waals surface area contributed by atoms with Crippen LogP contribution in [0.4, 0.5) is 0 Å². The zero-order chi connectivity index (χ0) is 12.3. The molecule has 2 rings (SSSR count). The van der Waals surface area contributed by atoms with E-state index in [1.165, 1.54) is 37.1 Å². The number of nitrogens with zero attached hydrogens (tertiary/aromatic N) is 1. The highest BCUT2D eigenvalue weighted by Gasteiger charge is 2.22. The van der Waals surface area contributed by atoms with E-state index in [4.69, 9.17) is 10.5 Å². The molecular formula is C14H22N2O. The Morgan fingerprint density at radius 2 is 2.06 bits per heavy atom. The van der Waals surface area contributed by atoms with Crippen LogP contribution in [0.15, 0.2) is 18.2 Å². The van der Waals surface area contributed by atoms with Gasteiger partial charge in [0.1, 0.15) is 5.75 Å². The molecule has 2 N–H and O–H groups in total. The first-order valence-corrected chi connectivity index (χ1v) is 6.37. The SMILES string of the molecule is COc1ccc(CN)cc1C(C)N1CCCC1. The number of methoxy groups -OCH3 is 1. The minimum atomic E-state index is 0.416. The van der Waals surface area contributed by atoms with Gasteiger partial charge >= 0.3 is 0 Å². The summed E-state index contributed by atoms with van der Waals surface area (Å²) in [5, 5.41) is 0. The van der Waals surface area contributed by atoms with Crippen molar-refractivity contribution >= 4 is 0 Å². The summed E-state index contributed by atoms with van der Waals surface area (Å²) in [6, 6.07) is 6.67. The first-order valence-electron chi connectivity index (χ1n) is 6.37. The van der Waals surface area contributed by atoms with Crippen LogP contribution in [0.2, 0.25) is 0 Å². The fourth-order valence-corrected chi connectivity index (χ4v) is 2.56. The lowest BCUT2D eigenvalue weighted by Gasteiger charge is -2.26. The molecule has 1 heterocycles. The van der Waals surface area contributed by atoms with Crippen LogP contribution in [0, 0.1) is 0 Å². The molecule has 0 bridgehead atoms.